The molecule has 0 saturated heterocycles. The van der Waals surface area contributed by atoms with Crippen molar-refractivity contribution in [2.24, 2.45) is 0 Å². The summed E-state index contributed by atoms with van der Waals surface area (Å²) in [6, 6.07) is 28.2. The van der Waals surface area contributed by atoms with E-state index in [9.17, 15) is 17.6 Å². The molecule has 4 rings (SSSR count). The second kappa shape index (κ2) is 11.8. The van der Waals surface area contributed by atoms with Gasteiger partial charge in [-0.25, -0.2) is 4.39 Å². The highest BCUT2D eigenvalue weighted by molar-refractivity contribution is 7.87. The Morgan fingerprint density at radius 2 is 1.43 bits per heavy atom. The third-order valence-electron chi connectivity index (χ3n) is 5.70. The molecule has 6 nitrogen and oxygen atoms in total. The molecule has 4 aromatic rings. The van der Waals surface area contributed by atoms with Crippen LogP contribution in [0.5, 0.6) is 5.75 Å². The number of hydrogen-bond acceptors (Lipinski definition) is 5. The van der Waals surface area contributed by atoms with E-state index in [2.05, 4.69) is 0 Å². The molecule has 0 aliphatic rings. The fourth-order valence-corrected chi connectivity index (χ4v) is 4.65. The van der Waals surface area contributed by atoms with E-state index in [-0.39, 0.29) is 16.6 Å². The van der Waals surface area contributed by atoms with E-state index in [0.717, 1.165) is 41.0 Å². The molecule has 1 amide bonds. The van der Waals surface area contributed by atoms with E-state index in [4.69, 9.17) is 8.92 Å². The van der Waals surface area contributed by atoms with Gasteiger partial charge in [-0.05, 0) is 65.2 Å². The van der Waals surface area contributed by atoms with Crippen LogP contribution in [0.15, 0.2) is 108 Å². The van der Waals surface area contributed by atoms with Crippen molar-refractivity contribution in [3.8, 4) is 16.9 Å². The molecular formula is C29H26FNO5S. The quantitative estimate of drug-likeness (QED) is 0.257. The first-order chi connectivity index (χ1) is 17.9. The molecule has 0 unspecified atom stereocenters. The van der Waals surface area contributed by atoms with Crippen LogP contribution >= 0.6 is 0 Å². The summed E-state index contributed by atoms with van der Waals surface area (Å²) in [5.41, 5.74) is 3.44. The Morgan fingerprint density at radius 3 is 2.05 bits per heavy atom. The lowest BCUT2D eigenvalue weighted by molar-refractivity contribution is 0.0680. The Morgan fingerprint density at radius 1 is 0.811 bits per heavy atom. The third-order valence-corrected chi connectivity index (χ3v) is 6.96. The molecule has 0 saturated carbocycles. The van der Waals surface area contributed by atoms with Crippen molar-refractivity contribution in [2.45, 2.75) is 11.4 Å². The average molecular weight is 520 g/mol. The average Bonchev–Trinajstić information content (AvgIpc) is 2.92. The molecule has 0 aromatic heterocycles. The van der Waals surface area contributed by atoms with Crippen LogP contribution in [0.25, 0.3) is 11.1 Å². The number of hydrogen-bond donors (Lipinski definition) is 0. The molecule has 0 aliphatic heterocycles. The smallest absolute Gasteiger partial charge is 0.339 e. The van der Waals surface area contributed by atoms with Crippen molar-refractivity contribution >= 4 is 16.0 Å². The van der Waals surface area contributed by atoms with Gasteiger partial charge in [-0.1, -0.05) is 54.6 Å². The molecular weight excluding hydrogens is 493 g/mol. The molecule has 0 spiro atoms. The molecule has 0 aliphatic carbocycles. The summed E-state index contributed by atoms with van der Waals surface area (Å²) in [7, 11) is -2.52. The fourth-order valence-electron chi connectivity index (χ4n) is 3.72. The summed E-state index contributed by atoms with van der Waals surface area (Å²) in [5, 5.41) is 0. The molecule has 8 heteroatoms. The summed E-state index contributed by atoms with van der Waals surface area (Å²) >= 11 is 0. The number of rotatable bonds is 10. The molecule has 4 aromatic carbocycles. The lowest BCUT2D eigenvalue weighted by atomic mass is 10.0. The van der Waals surface area contributed by atoms with Crippen LogP contribution in [-0.2, 0) is 21.4 Å². The van der Waals surface area contributed by atoms with E-state index in [0.29, 0.717) is 25.3 Å². The van der Waals surface area contributed by atoms with Gasteiger partial charge in [0.2, 0.25) is 0 Å². The summed E-state index contributed by atoms with van der Waals surface area (Å²) in [4.78, 5) is 14.8. The van der Waals surface area contributed by atoms with E-state index in [1.807, 2.05) is 54.6 Å². The molecule has 0 radical (unpaired) electrons. The number of carbonyl (C=O) groups excluding carboxylic acids is 1. The predicted octanol–water partition coefficient (Wildman–Crippen LogP) is 5.55. The lowest BCUT2D eigenvalue weighted by Crippen LogP contribution is -2.33. The van der Waals surface area contributed by atoms with Crippen molar-refractivity contribution in [2.75, 3.05) is 20.3 Å². The van der Waals surface area contributed by atoms with Gasteiger partial charge >= 0.3 is 10.1 Å². The summed E-state index contributed by atoms with van der Waals surface area (Å²) in [6.07, 6.45) is 0. The SMILES string of the molecule is COCCN(Cc1ccc(OS(=O)(=O)c2ccc(F)cc2)cc1)C(=O)c1ccc(-c2ccccc2)cc1. The highest BCUT2D eigenvalue weighted by Crippen LogP contribution is 2.22. The minimum Gasteiger partial charge on any atom is -0.383 e. The van der Waals surface area contributed by atoms with Crippen LogP contribution < -0.4 is 4.18 Å². The van der Waals surface area contributed by atoms with Gasteiger partial charge in [0.05, 0.1) is 6.61 Å². The van der Waals surface area contributed by atoms with Gasteiger partial charge in [0.25, 0.3) is 5.91 Å². The molecule has 0 fully saturated rings. The maximum absolute atomic E-state index is 13.3. The van der Waals surface area contributed by atoms with Crippen molar-refractivity contribution in [1.82, 2.24) is 4.90 Å². The third kappa shape index (κ3) is 6.81. The van der Waals surface area contributed by atoms with Crippen LogP contribution in [0.1, 0.15) is 15.9 Å². The Labute approximate surface area is 216 Å². The van der Waals surface area contributed by atoms with Gasteiger partial charge in [-0.15, -0.1) is 0 Å². The molecule has 37 heavy (non-hydrogen) atoms. The zero-order valence-corrected chi connectivity index (χ0v) is 21.0. The van der Waals surface area contributed by atoms with Gasteiger partial charge in [0.1, 0.15) is 16.5 Å². The molecule has 190 valence electrons. The first-order valence-electron chi connectivity index (χ1n) is 11.6. The highest BCUT2D eigenvalue weighted by atomic mass is 32.2. The fraction of sp³-hybridized carbons (Fsp3) is 0.138. The predicted molar refractivity (Wildman–Crippen MR) is 139 cm³/mol. The minimum atomic E-state index is -4.10. The van der Waals surface area contributed by atoms with Crippen molar-refractivity contribution in [3.05, 3.63) is 120 Å². The molecule has 0 N–H and O–H groups in total. The van der Waals surface area contributed by atoms with Crippen molar-refractivity contribution in [1.29, 1.82) is 0 Å². The van der Waals surface area contributed by atoms with Crippen LogP contribution in [0.3, 0.4) is 0 Å². The molecule has 0 bridgehead atoms. The topological polar surface area (TPSA) is 72.9 Å². The van der Waals surface area contributed by atoms with Gasteiger partial charge in [0, 0.05) is 25.8 Å². The monoisotopic (exact) mass is 519 g/mol. The lowest BCUT2D eigenvalue weighted by Gasteiger charge is -2.23. The number of carbonyl (C=O) groups is 1. The zero-order valence-electron chi connectivity index (χ0n) is 20.2. The maximum Gasteiger partial charge on any atom is 0.339 e. The maximum atomic E-state index is 13.3. The van der Waals surface area contributed by atoms with Gasteiger partial charge < -0.3 is 13.8 Å². The number of nitrogens with zero attached hydrogens (tertiary/aromatic N) is 1. The van der Waals surface area contributed by atoms with Crippen molar-refractivity contribution < 1.29 is 26.5 Å². The van der Waals surface area contributed by atoms with E-state index < -0.39 is 15.9 Å². The second-order valence-corrected chi connectivity index (χ2v) is 9.84. The number of amides is 1. The first kappa shape index (κ1) is 26.1. The Kier molecular flexibility index (Phi) is 8.32. The van der Waals surface area contributed by atoms with Gasteiger partial charge in [-0.3, -0.25) is 4.79 Å². The number of ether oxygens (including phenoxy) is 1. The van der Waals surface area contributed by atoms with Crippen LogP contribution in [0.2, 0.25) is 0 Å². The number of methoxy groups -OCH3 is 1. The van der Waals surface area contributed by atoms with E-state index in [1.165, 1.54) is 12.1 Å². The summed E-state index contributed by atoms with van der Waals surface area (Å²) in [5.74, 6) is -0.571. The summed E-state index contributed by atoms with van der Waals surface area (Å²) < 4.78 is 48.4. The normalized spacial score (nSPS) is 11.2. The van der Waals surface area contributed by atoms with Crippen LogP contribution in [0.4, 0.5) is 4.39 Å². The summed E-state index contributed by atoms with van der Waals surface area (Å²) in [6.45, 7) is 1.05. The van der Waals surface area contributed by atoms with Crippen molar-refractivity contribution in [3.63, 3.8) is 0 Å². The number of benzene rings is 4. The van der Waals surface area contributed by atoms with E-state index in [1.54, 1.807) is 24.1 Å². The standard InChI is InChI=1S/C29H26FNO5S/c1-35-20-19-31(29(32)25-11-9-24(10-12-25)23-5-3-2-4-6-23)21-22-7-15-27(16-8-22)36-37(33,34)28-17-13-26(30)14-18-28/h2-18H,19-21H2,1H3. The Balaban J connectivity index is 1.46. The molecule has 0 atom stereocenters. The minimum absolute atomic E-state index is 0.111. The Hall–Kier alpha value is -4.01. The van der Waals surface area contributed by atoms with Gasteiger partial charge in [0.15, 0.2) is 0 Å². The number of halogens is 1. The molecule has 0 heterocycles. The highest BCUT2D eigenvalue weighted by Gasteiger charge is 2.18. The van der Waals surface area contributed by atoms with Crippen LogP contribution in [0, 0.1) is 5.82 Å². The van der Waals surface area contributed by atoms with Gasteiger partial charge in [-0.2, -0.15) is 8.42 Å². The van der Waals surface area contributed by atoms with Crippen LogP contribution in [-0.4, -0.2) is 39.5 Å². The first-order valence-corrected chi connectivity index (χ1v) is 13.0. The van der Waals surface area contributed by atoms with E-state index >= 15 is 0 Å². The second-order valence-electron chi connectivity index (χ2n) is 8.30. The Bertz CT molecular complexity index is 1420. The largest absolute Gasteiger partial charge is 0.383 e. The zero-order chi connectivity index (χ0) is 26.3.